The summed E-state index contributed by atoms with van der Waals surface area (Å²) in [5, 5.41) is 0. The molecule has 0 heterocycles. The third-order valence-corrected chi connectivity index (χ3v) is 1.97. The fraction of sp³-hybridized carbons (Fsp3) is 0.500. The number of hydrogen-bond acceptors (Lipinski definition) is 0. The van der Waals surface area contributed by atoms with Gasteiger partial charge in [0.15, 0.2) is 0 Å². The Hall–Kier alpha value is -0.220. The average Bonchev–Trinajstić information content (AvgIpc) is 1.79. The van der Waals surface area contributed by atoms with Crippen LogP contribution in [0.5, 0.6) is 0 Å². The summed E-state index contributed by atoms with van der Waals surface area (Å²) in [6, 6.07) is 0. The van der Waals surface area contributed by atoms with Gasteiger partial charge in [-0.05, 0) is 17.3 Å². The van der Waals surface area contributed by atoms with E-state index in [2.05, 4.69) is 33.8 Å². The molecule has 0 aliphatic heterocycles. The molecule has 0 bridgehead atoms. The van der Waals surface area contributed by atoms with E-state index in [0.717, 1.165) is 25.7 Å². The van der Waals surface area contributed by atoms with Crippen LogP contribution in [-0.4, -0.2) is 0 Å². The Morgan fingerprint density at radius 3 is 3.00 bits per heavy atom. The van der Waals surface area contributed by atoms with Crippen LogP contribution in [-0.2, 0) is 0 Å². The largest absolute Gasteiger partial charge is 0.103 e. The van der Waals surface area contributed by atoms with Gasteiger partial charge in [-0.15, -0.1) is 11.8 Å². The molecule has 0 nitrogen and oxygen atoms in total. The summed E-state index contributed by atoms with van der Waals surface area (Å²) in [5.74, 6) is 6.19. The van der Waals surface area contributed by atoms with E-state index < -0.39 is 0 Å². The summed E-state index contributed by atoms with van der Waals surface area (Å²) in [7, 11) is 0. The molecule has 0 aromatic heterocycles. The van der Waals surface area contributed by atoms with Crippen molar-refractivity contribution in [1.82, 2.24) is 0 Å². The number of hydrogen-bond donors (Lipinski definition) is 0. The van der Waals surface area contributed by atoms with Crippen LogP contribution in [0.3, 0.4) is 0 Å². The van der Waals surface area contributed by atoms with Gasteiger partial charge in [-0.3, -0.25) is 0 Å². The lowest BCUT2D eigenvalue weighted by molar-refractivity contribution is 0.998. The van der Waals surface area contributed by atoms with Crippen LogP contribution in [0.2, 0.25) is 0 Å². The Morgan fingerprint density at radius 2 is 2.11 bits per heavy atom. The predicted octanol–water partition coefficient (Wildman–Crippen LogP) is 2.84. The second-order valence-electron chi connectivity index (χ2n) is 2.04. The van der Waals surface area contributed by atoms with Crippen LogP contribution in [0.15, 0.2) is 10.6 Å². The number of allylic oxidation sites excluding steroid dienone is 2. The van der Waals surface area contributed by atoms with E-state index in [0.29, 0.717) is 0 Å². The van der Waals surface area contributed by atoms with Crippen molar-refractivity contribution >= 4 is 15.9 Å². The fourth-order valence-electron chi connectivity index (χ4n) is 0.762. The van der Waals surface area contributed by atoms with Gasteiger partial charge in [0, 0.05) is 12.8 Å². The van der Waals surface area contributed by atoms with Gasteiger partial charge in [0.25, 0.3) is 0 Å². The van der Waals surface area contributed by atoms with Crippen LogP contribution in [0, 0.1) is 11.8 Å². The summed E-state index contributed by atoms with van der Waals surface area (Å²) in [6.07, 6.45) is 6.45. The third kappa shape index (κ3) is 2.72. The van der Waals surface area contributed by atoms with Gasteiger partial charge in [-0.1, -0.05) is 22.0 Å². The Bertz CT molecular complexity index is 169. The maximum atomic E-state index is 3.47. The molecule has 0 N–H and O–H groups in total. The quantitative estimate of drug-likeness (QED) is 0.509. The van der Waals surface area contributed by atoms with Gasteiger partial charge in [0.1, 0.15) is 0 Å². The molecule has 0 atom stereocenters. The number of halogens is 1. The van der Waals surface area contributed by atoms with E-state index in [1.807, 2.05) is 0 Å². The molecule has 0 saturated heterocycles. The van der Waals surface area contributed by atoms with E-state index in [9.17, 15) is 0 Å². The zero-order valence-electron chi connectivity index (χ0n) is 5.28. The summed E-state index contributed by atoms with van der Waals surface area (Å²) in [6.45, 7) is 0. The monoisotopic (exact) mass is 184 g/mol. The SMILES string of the molecule is Br/C1=C/CCC#CCC1. The van der Waals surface area contributed by atoms with Gasteiger partial charge in [0.05, 0.1) is 0 Å². The van der Waals surface area contributed by atoms with Gasteiger partial charge in [-0.25, -0.2) is 0 Å². The highest BCUT2D eigenvalue weighted by Gasteiger charge is 1.91. The molecule has 0 fully saturated rings. The number of rotatable bonds is 0. The first kappa shape index (κ1) is 6.89. The van der Waals surface area contributed by atoms with Gasteiger partial charge >= 0.3 is 0 Å². The second kappa shape index (κ2) is 3.74. The lowest BCUT2D eigenvalue weighted by Gasteiger charge is -1.95. The van der Waals surface area contributed by atoms with Crippen molar-refractivity contribution in [2.45, 2.75) is 25.7 Å². The van der Waals surface area contributed by atoms with Crippen LogP contribution >= 0.6 is 15.9 Å². The molecular formula is C8H9Br. The Balaban J connectivity index is 2.46. The summed E-state index contributed by atoms with van der Waals surface area (Å²) in [5.41, 5.74) is 0. The fourth-order valence-corrected chi connectivity index (χ4v) is 1.19. The average molecular weight is 185 g/mol. The van der Waals surface area contributed by atoms with Crippen molar-refractivity contribution in [2.24, 2.45) is 0 Å². The lowest BCUT2D eigenvalue weighted by Crippen LogP contribution is -1.77. The molecule has 48 valence electrons. The molecule has 1 rings (SSSR count). The first-order valence-corrected chi connectivity index (χ1v) is 3.99. The highest BCUT2D eigenvalue weighted by Crippen LogP contribution is 2.14. The van der Waals surface area contributed by atoms with Gasteiger partial charge in [-0.2, -0.15) is 0 Å². The van der Waals surface area contributed by atoms with E-state index >= 15 is 0 Å². The van der Waals surface area contributed by atoms with E-state index in [1.165, 1.54) is 4.48 Å². The Morgan fingerprint density at radius 1 is 1.33 bits per heavy atom. The molecule has 0 amide bonds. The van der Waals surface area contributed by atoms with Crippen molar-refractivity contribution in [3.05, 3.63) is 10.6 Å². The van der Waals surface area contributed by atoms with Crippen molar-refractivity contribution in [3.8, 4) is 11.8 Å². The molecule has 1 heteroatoms. The highest BCUT2D eigenvalue weighted by atomic mass is 79.9. The molecule has 9 heavy (non-hydrogen) atoms. The van der Waals surface area contributed by atoms with Gasteiger partial charge < -0.3 is 0 Å². The Labute approximate surface area is 64.5 Å². The van der Waals surface area contributed by atoms with E-state index in [4.69, 9.17) is 0 Å². The summed E-state index contributed by atoms with van der Waals surface area (Å²) in [4.78, 5) is 0. The molecule has 1 aliphatic carbocycles. The van der Waals surface area contributed by atoms with Crippen LogP contribution in [0.4, 0.5) is 0 Å². The molecule has 0 aromatic carbocycles. The van der Waals surface area contributed by atoms with Crippen LogP contribution in [0.25, 0.3) is 0 Å². The second-order valence-corrected chi connectivity index (χ2v) is 3.06. The predicted molar refractivity (Wildman–Crippen MR) is 43.3 cm³/mol. The van der Waals surface area contributed by atoms with Crippen LogP contribution in [0.1, 0.15) is 25.7 Å². The molecule has 1 aliphatic rings. The minimum atomic E-state index is 1.01. The van der Waals surface area contributed by atoms with Gasteiger partial charge in [0.2, 0.25) is 0 Å². The highest BCUT2D eigenvalue weighted by molar-refractivity contribution is 9.11. The zero-order valence-corrected chi connectivity index (χ0v) is 6.87. The standard InChI is InChI=1S/C8H9Br/c9-8-6-4-2-1-3-5-7-8/h6H,2,4-5,7H2/b8-6+. The van der Waals surface area contributed by atoms with E-state index in [-0.39, 0.29) is 0 Å². The first-order chi connectivity index (χ1) is 4.39. The van der Waals surface area contributed by atoms with Crippen molar-refractivity contribution in [3.63, 3.8) is 0 Å². The maximum absolute atomic E-state index is 3.47. The third-order valence-electron chi connectivity index (χ3n) is 1.25. The smallest absolute Gasteiger partial charge is 0.0134 e. The van der Waals surface area contributed by atoms with E-state index in [1.54, 1.807) is 0 Å². The van der Waals surface area contributed by atoms with Crippen LogP contribution < -0.4 is 0 Å². The topological polar surface area (TPSA) is 0 Å². The molecule has 0 unspecified atom stereocenters. The molecule has 0 spiro atoms. The summed E-state index contributed by atoms with van der Waals surface area (Å²) >= 11 is 3.47. The maximum Gasteiger partial charge on any atom is 0.0134 e. The molecule has 0 aromatic rings. The molecular weight excluding hydrogens is 176 g/mol. The Kier molecular flexibility index (Phi) is 2.86. The van der Waals surface area contributed by atoms with Crippen molar-refractivity contribution in [1.29, 1.82) is 0 Å². The zero-order chi connectivity index (χ0) is 6.53. The minimum absolute atomic E-state index is 1.01. The lowest BCUT2D eigenvalue weighted by atomic mass is 10.2. The molecule has 0 saturated carbocycles. The first-order valence-electron chi connectivity index (χ1n) is 3.20. The normalized spacial score (nSPS) is 24.3. The molecule has 0 radical (unpaired) electrons. The minimum Gasteiger partial charge on any atom is -0.103 e. The van der Waals surface area contributed by atoms with Crippen molar-refractivity contribution < 1.29 is 0 Å². The van der Waals surface area contributed by atoms with Crippen molar-refractivity contribution in [2.75, 3.05) is 0 Å². The summed E-state index contributed by atoms with van der Waals surface area (Å²) < 4.78 is 1.32.